The van der Waals surface area contributed by atoms with Gasteiger partial charge in [-0.3, -0.25) is 0 Å². The van der Waals surface area contributed by atoms with Gasteiger partial charge in [-0.05, 0) is 58.9 Å². The summed E-state index contributed by atoms with van der Waals surface area (Å²) >= 11 is 0. The zero-order chi connectivity index (χ0) is 18.6. The summed E-state index contributed by atoms with van der Waals surface area (Å²) in [7, 11) is 0. The summed E-state index contributed by atoms with van der Waals surface area (Å²) in [6, 6.07) is 4.21. The van der Waals surface area contributed by atoms with Crippen LogP contribution in [0.15, 0.2) is 18.3 Å². The third-order valence-corrected chi connectivity index (χ3v) is 5.21. The average molecular weight is 360 g/mol. The Kier molecular flexibility index (Phi) is 6.05. The second kappa shape index (κ2) is 8.28. The predicted octanol–water partition coefficient (Wildman–Crippen LogP) is 4.92. The molecule has 5 nitrogen and oxygen atoms in total. The van der Waals surface area contributed by atoms with Crippen LogP contribution >= 0.6 is 0 Å². The van der Waals surface area contributed by atoms with Crippen molar-refractivity contribution in [2.75, 3.05) is 24.5 Å². The number of hydrogen-bond acceptors (Lipinski definition) is 4. The number of carbonyl (C=O) groups excluding carboxylic acids is 1. The van der Waals surface area contributed by atoms with Gasteiger partial charge in [0.15, 0.2) is 0 Å². The molecule has 0 N–H and O–H groups in total. The Bertz CT molecular complexity index is 604. The van der Waals surface area contributed by atoms with Gasteiger partial charge in [-0.15, -0.1) is 0 Å². The SMILES string of the molecule is CC(C)(C)OC(=O)N1CCCC[C@H]1c1cccnc1N1CCCCCC1. The number of amides is 1. The molecule has 0 unspecified atom stereocenters. The smallest absolute Gasteiger partial charge is 0.410 e. The van der Waals surface area contributed by atoms with E-state index in [4.69, 9.17) is 9.72 Å². The summed E-state index contributed by atoms with van der Waals surface area (Å²) in [6.07, 6.45) is 9.86. The van der Waals surface area contributed by atoms with E-state index in [2.05, 4.69) is 11.0 Å². The van der Waals surface area contributed by atoms with Crippen molar-refractivity contribution >= 4 is 11.9 Å². The minimum Gasteiger partial charge on any atom is -0.444 e. The number of aromatic nitrogens is 1. The van der Waals surface area contributed by atoms with Gasteiger partial charge in [-0.25, -0.2) is 9.78 Å². The fraction of sp³-hybridized carbons (Fsp3) is 0.714. The van der Waals surface area contributed by atoms with Crippen LogP contribution in [-0.4, -0.2) is 41.2 Å². The van der Waals surface area contributed by atoms with Crippen LogP contribution in [0.5, 0.6) is 0 Å². The monoisotopic (exact) mass is 359 g/mol. The van der Waals surface area contributed by atoms with Crippen LogP contribution in [0.2, 0.25) is 0 Å². The van der Waals surface area contributed by atoms with Crippen LogP contribution in [0.1, 0.15) is 77.3 Å². The van der Waals surface area contributed by atoms with Crippen molar-refractivity contribution in [2.24, 2.45) is 0 Å². The topological polar surface area (TPSA) is 45.7 Å². The largest absolute Gasteiger partial charge is 0.444 e. The van der Waals surface area contributed by atoms with Gasteiger partial charge in [0.25, 0.3) is 0 Å². The number of rotatable bonds is 2. The lowest BCUT2D eigenvalue weighted by Gasteiger charge is -2.38. The van der Waals surface area contributed by atoms with Crippen molar-refractivity contribution < 1.29 is 9.53 Å². The first-order valence-electron chi connectivity index (χ1n) is 10.2. The maximum atomic E-state index is 12.8. The highest BCUT2D eigenvalue weighted by atomic mass is 16.6. The zero-order valence-electron chi connectivity index (χ0n) is 16.5. The van der Waals surface area contributed by atoms with Crippen LogP contribution in [0.4, 0.5) is 10.6 Å². The number of hydrogen-bond donors (Lipinski definition) is 0. The van der Waals surface area contributed by atoms with Gasteiger partial charge in [-0.1, -0.05) is 18.9 Å². The van der Waals surface area contributed by atoms with E-state index in [9.17, 15) is 4.79 Å². The Morgan fingerprint density at radius 2 is 1.77 bits per heavy atom. The van der Waals surface area contributed by atoms with E-state index < -0.39 is 5.60 Å². The highest BCUT2D eigenvalue weighted by molar-refractivity contribution is 5.69. The van der Waals surface area contributed by atoms with Crippen molar-refractivity contribution in [3.05, 3.63) is 23.9 Å². The minimum absolute atomic E-state index is 0.0607. The number of piperidine rings is 1. The molecule has 3 rings (SSSR count). The quantitative estimate of drug-likeness (QED) is 0.751. The number of carbonyl (C=O) groups is 1. The number of ether oxygens (including phenoxy) is 1. The Labute approximate surface area is 157 Å². The third kappa shape index (κ3) is 4.68. The fourth-order valence-corrected chi connectivity index (χ4v) is 4.01. The van der Waals surface area contributed by atoms with Gasteiger partial charge < -0.3 is 14.5 Å². The lowest BCUT2D eigenvalue weighted by molar-refractivity contribution is 0.00954. The average Bonchev–Trinajstić information content (AvgIpc) is 2.89. The van der Waals surface area contributed by atoms with Gasteiger partial charge in [-0.2, -0.15) is 0 Å². The summed E-state index contributed by atoms with van der Waals surface area (Å²) < 4.78 is 5.69. The highest BCUT2D eigenvalue weighted by Gasteiger charge is 2.33. The van der Waals surface area contributed by atoms with Crippen LogP contribution in [-0.2, 0) is 4.74 Å². The van der Waals surface area contributed by atoms with Crippen LogP contribution < -0.4 is 4.90 Å². The zero-order valence-corrected chi connectivity index (χ0v) is 16.5. The van der Waals surface area contributed by atoms with Gasteiger partial charge in [0.1, 0.15) is 11.4 Å². The Morgan fingerprint density at radius 3 is 2.46 bits per heavy atom. The normalized spacial score (nSPS) is 22.0. The van der Waals surface area contributed by atoms with Crippen molar-refractivity contribution in [1.82, 2.24) is 9.88 Å². The molecular formula is C21H33N3O2. The second-order valence-electron chi connectivity index (χ2n) is 8.50. The number of anilines is 1. The van der Waals surface area contributed by atoms with Gasteiger partial charge >= 0.3 is 6.09 Å². The molecule has 3 heterocycles. The maximum Gasteiger partial charge on any atom is 0.410 e. The van der Waals surface area contributed by atoms with E-state index in [-0.39, 0.29) is 12.1 Å². The molecule has 0 radical (unpaired) electrons. The molecule has 26 heavy (non-hydrogen) atoms. The lowest BCUT2D eigenvalue weighted by Crippen LogP contribution is -2.42. The molecule has 0 saturated carbocycles. The summed E-state index contributed by atoms with van der Waals surface area (Å²) in [4.78, 5) is 21.9. The highest BCUT2D eigenvalue weighted by Crippen LogP contribution is 2.36. The summed E-state index contributed by atoms with van der Waals surface area (Å²) in [5, 5.41) is 0. The first-order chi connectivity index (χ1) is 12.5. The predicted molar refractivity (Wildman–Crippen MR) is 104 cm³/mol. The molecule has 2 saturated heterocycles. The van der Waals surface area contributed by atoms with Crippen LogP contribution in [0, 0.1) is 0 Å². The van der Waals surface area contributed by atoms with Crippen molar-refractivity contribution in [2.45, 2.75) is 77.4 Å². The molecule has 2 aliphatic rings. The van der Waals surface area contributed by atoms with E-state index >= 15 is 0 Å². The molecule has 144 valence electrons. The Hall–Kier alpha value is -1.78. The molecule has 1 atom stereocenters. The van der Waals surface area contributed by atoms with Crippen LogP contribution in [0.25, 0.3) is 0 Å². The number of pyridine rings is 1. The van der Waals surface area contributed by atoms with Crippen molar-refractivity contribution in [1.29, 1.82) is 0 Å². The molecular weight excluding hydrogens is 326 g/mol. The van der Waals surface area contributed by atoms with Gasteiger partial charge in [0.05, 0.1) is 6.04 Å². The number of likely N-dealkylation sites (tertiary alicyclic amines) is 1. The first-order valence-corrected chi connectivity index (χ1v) is 10.2. The summed E-state index contributed by atoms with van der Waals surface area (Å²) in [5.74, 6) is 1.06. The van der Waals surface area contributed by atoms with Crippen LogP contribution in [0.3, 0.4) is 0 Å². The lowest BCUT2D eigenvalue weighted by atomic mass is 9.95. The molecule has 1 aromatic heterocycles. The van der Waals surface area contributed by atoms with Crippen molar-refractivity contribution in [3.63, 3.8) is 0 Å². The molecule has 1 aromatic rings. The molecule has 0 aliphatic carbocycles. The van der Waals surface area contributed by atoms with Crippen molar-refractivity contribution in [3.8, 4) is 0 Å². The molecule has 0 aromatic carbocycles. The van der Waals surface area contributed by atoms with Gasteiger partial charge in [0.2, 0.25) is 0 Å². The fourth-order valence-electron chi connectivity index (χ4n) is 4.01. The first kappa shape index (κ1) is 19.0. The third-order valence-electron chi connectivity index (χ3n) is 5.21. The minimum atomic E-state index is -0.471. The van der Waals surface area contributed by atoms with E-state index in [1.54, 1.807) is 0 Å². The molecule has 5 heteroatoms. The Balaban J connectivity index is 1.86. The molecule has 0 bridgehead atoms. The van der Waals surface area contributed by atoms with E-state index in [1.807, 2.05) is 37.9 Å². The van der Waals surface area contributed by atoms with E-state index in [0.29, 0.717) is 0 Å². The molecule has 1 amide bonds. The Morgan fingerprint density at radius 1 is 1.08 bits per heavy atom. The van der Waals surface area contributed by atoms with E-state index in [0.717, 1.165) is 44.7 Å². The number of nitrogens with zero attached hydrogens (tertiary/aromatic N) is 3. The second-order valence-corrected chi connectivity index (χ2v) is 8.50. The molecule has 2 aliphatic heterocycles. The van der Waals surface area contributed by atoms with E-state index in [1.165, 1.54) is 31.2 Å². The molecule has 2 fully saturated rings. The summed E-state index contributed by atoms with van der Waals surface area (Å²) in [5.41, 5.74) is 0.710. The molecule has 0 spiro atoms. The maximum absolute atomic E-state index is 12.8. The summed E-state index contributed by atoms with van der Waals surface area (Å²) in [6.45, 7) is 8.66. The standard InChI is InChI=1S/C21H33N3O2/c1-21(2,3)26-20(25)24-16-9-6-12-18(24)17-11-10-13-22-19(17)23-14-7-4-5-8-15-23/h10-11,13,18H,4-9,12,14-16H2,1-3H3/t18-/m0/s1. The van der Waals surface area contributed by atoms with Gasteiger partial charge in [0, 0.05) is 31.4 Å².